The van der Waals surface area contributed by atoms with Gasteiger partial charge in [-0.25, -0.2) is 0 Å². The van der Waals surface area contributed by atoms with Crippen LogP contribution >= 0.6 is 29.2 Å². The first-order chi connectivity index (χ1) is 22.6. The zero-order valence-electron chi connectivity index (χ0n) is 27.6. The molecule has 256 valence electrons. The number of unbranched alkanes of at least 4 members (excludes halogenated alkanes) is 3. The van der Waals surface area contributed by atoms with Crippen LogP contribution in [0.1, 0.15) is 88.8 Å². The Labute approximate surface area is 287 Å². The van der Waals surface area contributed by atoms with E-state index in [2.05, 4.69) is 29.4 Å². The van der Waals surface area contributed by atoms with Crippen molar-refractivity contribution in [1.29, 1.82) is 0 Å². The van der Waals surface area contributed by atoms with Gasteiger partial charge in [-0.3, -0.25) is 14.4 Å². The standard InChI is InChI=1S/C35H48N3O6PS2/c1-27(2)45(42,43)44-24-11-5-4-10-22-36-33(39)19-16-28(3)47-46-25-23-37-34(40)20-21-35(41)38-26-31-14-7-6-12-29(31)17-18-30-13-8-9-15-32(30)38/h6-9,12-15,27-28H,4-5,10-11,16,19-26H2,1-3H3,(H,36,39)(H,37,40)(H,42,43)/p-1. The van der Waals surface area contributed by atoms with Crippen molar-refractivity contribution in [2.75, 3.05) is 30.3 Å². The number of para-hydroxylation sites is 1. The molecule has 1 aliphatic rings. The molecule has 1 heterocycles. The second kappa shape index (κ2) is 20.6. The Morgan fingerprint density at radius 2 is 1.55 bits per heavy atom. The summed E-state index contributed by atoms with van der Waals surface area (Å²) < 4.78 is 16.6. The summed E-state index contributed by atoms with van der Waals surface area (Å²) in [6, 6.07) is 15.4. The molecule has 0 bridgehead atoms. The third kappa shape index (κ3) is 14.1. The van der Waals surface area contributed by atoms with Gasteiger partial charge in [0.1, 0.15) is 7.60 Å². The predicted octanol–water partition coefficient (Wildman–Crippen LogP) is 6.03. The fourth-order valence-corrected chi connectivity index (χ4v) is 7.60. The predicted molar refractivity (Wildman–Crippen MR) is 191 cm³/mol. The highest BCUT2D eigenvalue weighted by atomic mass is 33.1. The molecule has 12 heteroatoms. The Bertz CT molecular complexity index is 1440. The summed E-state index contributed by atoms with van der Waals surface area (Å²) in [6.07, 6.45) is 4.74. The van der Waals surface area contributed by atoms with Crippen molar-refractivity contribution in [1.82, 2.24) is 10.6 Å². The minimum Gasteiger partial charge on any atom is -0.778 e. The first kappa shape index (κ1) is 38.7. The van der Waals surface area contributed by atoms with Gasteiger partial charge in [0, 0.05) is 60.1 Å². The highest BCUT2D eigenvalue weighted by molar-refractivity contribution is 8.76. The number of fused-ring (bicyclic) bond motifs is 2. The lowest BCUT2D eigenvalue weighted by Crippen LogP contribution is -2.33. The van der Waals surface area contributed by atoms with Gasteiger partial charge in [-0.05, 0) is 43.0 Å². The molecule has 0 saturated heterocycles. The molecule has 2 aromatic carbocycles. The Kier molecular flexibility index (Phi) is 17.0. The van der Waals surface area contributed by atoms with Crippen LogP contribution < -0.4 is 20.4 Å². The maximum absolute atomic E-state index is 13.3. The average molecular weight is 701 g/mol. The van der Waals surface area contributed by atoms with Crippen LogP contribution in [0.5, 0.6) is 0 Å². The number of benzene rings is 2. The van der Waals surface area contributed by atoms with Gasteiger partial charge in [0.25, 0.3) is 0 Å². The smallest absolute Gasteiger partial charge is 0.227 e. The number of nitrogens with one attached hydrogen (secondary N) is 2. The van der Waals surface area contributed by atoms with E-state index in [-0.39, 0.29) is 42.4 Å². The van der Waals surface area contributed by atoms with Gasteiger partial charge in [-0.15, -0.1) is 0 Å². The van der Waals surface area contributed by atoms with Crippen molar-refractivity contribution in [3.63, 3.8) is 0 Å². The summed E-state index contributed by atoms with van der Waals surface area (Å²) in [5, 5.41) is 6.16. The van der Waals surface area contributed by atoms with E-state index in [0.717, 1.165) is 53.8 Å². The second-order valence-electron chi connectivity index (χ2n) is 11.8. The molecule has 0 spiro atoms. The summed E-state index contributed by atoms with van der Waals surface area (Å²) >= 11 is 0. The molecule has 0 aliphatic carbocycles. The second-order valence-corrected chi connectivity index (χ2v) is 17.0. The molecule has 47 heavy (non-hydrogen) atoms. The van der Waals surface area contributed by atoms with Gasteiger partial charge in [0.2, 0.25) is 17.7 Å². The van der Waals surface area contributed by atoms with Crippen molar-refractivity contribution in [2.45, 2.75) is 89.6 Å². The molecule has 0 radical (unpaired) electrons. The van der Waals surface area contributed by atoms with Gasteiger partial charge in [0.05, 0.1) is 18.8 Å². The molecule has 0 fully saturated rings. The highest BCUT2D eigenvalue weighted by Gasteiger charge is 2.22. The van der Waals surface area contributed by atoms with E-state index in [0.29, 0.717) is 32.5 Å². The van der Waals surface area contributed by atoms with Gasteiger partial charge >= 0.3 is 0 Å². The first-order valence-electron chi connectivity index (χ1n) is 16.3. The van der Waals surface area contributed by atoms with Gasteiger partial charge in [0.15, 0.2) is 0 Å². The van der Waals surface area contributed by atoms with Crippen LogP contribution in [0.25, 0.3) is 0 Å². The molecule has 2 aromatic rings. The zero-order chi connectivity index (χ0) is 34.1. The van der Waals surface area contributed by atoms with Gasteiger partial charge < -0.3 is 29.5 Å². The average Bonchev–Trinajstić information content (AvgIpc) is 3.04. The minimum atomic E-state index is -3.74. The van der Waals surface area contributed by atoms with Crippen molar-refractivity contribution in [3.8, 4) is 11.8 Å². The van der Waals surface area contributed by atoms with Gasteiger partial charge in [-0.2, -0.15) is 0 Å². The van der Waals surface area contributed by atoms with Crippen molar-refractivity contribution in [2.24, 2.45) is 0 Å². The highest BCUT2D eigenvalue weighted by Crippen LogP contribution is 2.42. The maximum Gasteiger partial charge on any atom is 0.227 e. The Morgan fingerprint density at radius 3 is 2.34 bits per heavy atom. The van der Waals surface area contributed by atoms with Crippen LogP contribution in [0.15, 0.2) is 48.5 Å². The molecule has 3 amide bonds. The monoisotopic (exact) mass is 700 g/mol. The molecule has 9 nitrogen and oxygen atoms in total. The largest absolute Gasteiger partial charge is 0.778 e. The SMILES string of the molecule is CC(CCC(=O)NCCCCCCOP(=O)([O-])C(C)C)SSCCNC(=O)CCC(=O)N1Cc2ccccc2C#Cc2ccccc21. The van der Waals surface area contributed by atoms with Crippen LogP contribution in [0.2, 0.25) is 0 Å². The van der Waals surface area contributed by atoms with Crippen LogP contribution in [-0.4, -0.2) is 54.1 Å². The fourth-order valence-electron chi connectivity index (χ4n) is 4.67. The molecule has 2 N–H and O–H groups in total. The zero-order valence-corrected chi connectivity index (χ0v) is 30.2. The van der Waals surface area contributed by atoms with Crippen LogP contribution in [0.4, 0.5) is 5.69 Å². The van der Waals surface area contributed by atoms with E-state index >= 15 is 0 Å². The number of hydrogen-bond acceptors (Lipinski definition) is 8. The van der Waals surface area contributed by atoms with E-state index in [4.69, 9.17) is 4.52 Å². The lowest BCUT2D eigenvalue weighted by atomic mass is 10.0. The molecule has 0 saturated carbocycles. The summed E-state index contributed by atoms with van der Waals surface area (Å²) in [5.74, 6) is 6.90. The number of amides is 3. The third-order valence-electron chi connectivity index (χ3n) is 7.55. The lowest BCUT2D eigenvalue weighted by molar-refractivity contribution is -0.200. The number of hydrogen-bond donors (Lipinski definition) is 2. The van der Waals surface area contributed by atoms with Crippen molar-refractivity contribution >= 4 is 52.6 Å². The van der Waals surface area contributed by atoms with E-state index in [1.807, 2.05) is 48.5 Å². The van der Waals surface area contributed by atoms with Crippen molar-refractivity contribution in [3.05, 3.63) is 65.2 Å². The van der Waals surface area contributed by atoms with E-state index in [1.165, 1.54) is 0 Å². The fraction of sp³-hybridized carbons (Fsp3) is 0.514. The van der Waals surface area contributed by atoms with Crippen LogP contribution in [0.3, 0.4) is 0 Å². The Hall–Kier alpha value is -2.74. The molecule has 0 aromatic heterocycles. The number of rotatable bonds is 20. The number of carbonyl (C=O) groups is 3. The van der Waals surface area contributed by atoms with Crippen molar-refractivity contribution < 1.29 is 28.4 Å². The Balaban J connectivity index is 1.23. The minimum absolute atomic E-state index is 0.0354. The summed E-state index contributed by atoms with van der Waals surface area (Å²) in [7, 11) is -0.376. The molecule has 1 aliphatic heterocycles. The molecular weight excluding hydrogens is 654 g/mol. The molecule has 2 atom stereocenters. The van der Waals surface area contributed by atoms with E-state index in [9.17, 15) is 23.8 Å². The first-order valence-corrected chi connectivity index (χ1v) is 20.3. The lowest BCUT2D eigenvalue weighted by Gasteiger charge is -2.26. The number of anilines is 1. The van der Waals surface area contributed by atoms with Crippen LogP contribution in [-0.2, 0) is 30.0 Å². The van der Waals surface area contributed by atoms with E-state index < -0.39 is 13.3 Å². The quantitative estimate of drug-likeness (QED) is 0.0742. The maximum atomic E-state index is 13.3. The normalized spacial score (nSPS) is 14.0. The number of carbonyl (C=O) groups excluding carboxylic acids is 3. The number of nitrogens with zero attached hydrogens (tertiary/aromatic N) is 1. The molecule has 2 unspecified atom stereocenters. The third-order valence-corrected chi connectivity index (χ3v) is 12.3. The Morgan fingerprint density at radius 1 is 0.894 bits per heavy atom. The summed E-state index contributed by atoms with van der Waals surface area (Å²) in [5.41, 5.74) is 2.92. The summed E-state index contributed by atoms with van der Waals surface area (Å²) in [6.45, 7) is 7.05. The molecule has 3 rings (SSSR count). The van der Waals surface area contributed by atoms with E-state index in [1.54, 1.807) is 40.3 Å². The summed E-state index contributed by atoms with van der Waals surface area (Å²) in [4.78, 5) is 51.4. The molecular formula is C35H47N3O6PS2-. The van der Waals surface area contributed by atoms with Crippen LogP contribution in [0, 0.1) is 11.8 Å². The van der Waals surface area contributed by atoms with Gasteiger partial charge in [-0.1, -0.05) is 97.4 Å². The topological polar surface area (TPSA) is 128 Å².